The first-order valence-corrected chi connectivity index (χ1v) is 4.50. The molecule has 66 valence electrons. The van der Waals surface area contributed by atoms with E-state index in [1.54, 1.807) is 6.20 Å². The highest BCUT2D eigenvalue weighted by Crippen LogP contribution is 2.37. The maximum Gasteiger partial charge on any atom is 0.131 e. The first-order valence-electron chi connectivity index (χ1n) is 4.50. The normalized spacial score (nSPS) is 15.4. The highest BCUT2D eigenvalue weighted by atomic mass is 14.9. The summed E-state index contributed by atoms with van der Waals surface area (Å²) in [4.78, 5) is 8.65. The summed E-state index contributed by atoms with van der Waals surface area (Å²) in [6, 6.07) is 2.11. The molecule has 1 aliphatic carbocycles. The Morgan fingerprint density at radius 1 is 1.62 bits per heavy atom. The van der Waals surface area contributed by atoms with E-state index in [4.69, 9.17) is 5.26 Å². The van der Waals surface area contributed by atoms with Crippen LogP contribution in [-0.4, -0.2) is 9.97 Å². The van der Waals surface area contributed by atoms with Gasteiger partial charge in [0.25, 0.3) is 0 Å². The van der Waals surface area contributed by atoms with E-state index in [1.807, 2.05) is 6.92 Å². The van der Waals surface area contributed by atoms with Crippen molar-refractivity contribution in [3.8, 4) is 6.07 Å². The van der Waals surface area contributed by atoms with Crippen molar-refractivity contribution in [2.75, 3.05) is 0 Å². The van der Waals surface area contributed by atoms with Gasteiger partial charge >= 0.3 is 0 Å². The predicted molar refractivity (Wildman–Crippen MR) is 48.1 cm³/mol. The van der Waals surface area contributed by atoms with Crippen LogP contribution in [0.15, 0.2) is 6.20 Å². The monoisotopic (exact) mass is 173 g/mol. The first kappa shape index (κ1) is 8.18. The zero-order valence-electron chi connectivity index (χ0n) is 7.62. The molecular formula is C10H11N3. The molecule has 1 aliphatic rings. The van der Waals surface area contributed by atoms with E-state index < -0.39 is 0 Å². The summed E-state index contributed by atoms with van der Waals surface area (Å²) in [7, 11) is 0. The van der Waals surface area contributed by atoms with E-state index in [0.717, 1.165) is 17.1 Å². The van der Waals surface area contributed by atoms with Gasteiger partial charge < -0.3 is 0 Å². The van der Waals surface area contributed by atoms with Crippen molar-refractivity contribution in [3.05, 3.63) is 23.3 Å². The number of rotatable bonds is 2. The topological polar surface area (TPSA) is 49.6 Å². The molecule has 0 atom stereocenters. The minimum Gasteiger partial charge on any atom is -0.241 e. The van der Waals surface area contributed by atoms with Gasteiger partial charge in [0, 0.05) is 23.4 Å². The van der Waals surface area contributed by atoms with Crippen molar-refractivity contribution >= 4 is 0 Å². The molecule has 0 amide bonds. The Bertz CT molecular complexity index is 361. The van der Waals surface area contributed by atoms with Gasteiger partial charge in [-0.15, -0.1) is 0 Å². The van der Waals surface area contributed by atoms with Gasteiger partial charge in [0.2, 0.25) is 0 Å². The van der Waals surface area contributed by atoms with Crippen LogP contribution >= 0.6 is 0 Å². The van der Waals surface area contributed by atoms with Crippen LogP contribution in [0.4, 0.5) is 0 Å². The Morgan fingerprint density at radius 3 is 2.92 bits per heavy atom. The Morgan fingerprint density at radius 2 is 2.38 bits per heavy atom. The Balaban J connectivity index is 2.27. The van der Waals surface area contributed by atoms with E-state index in [1.165, 1.54) is 12.8 Å². The molecule has 1 heterocycles. The standard InChI is InChI=1S/C10H11N3/c1-7-9(4-5-11)6-12-10(13-7)8-2-3-8/h6,8H,2-4H2,1H3. The van der Waals surface area contributed by atoms with Gasteiger partial charge in [-0.25, -0.2) is 9.97 Å². The molecule has 3 nitrogen and oxygen atoms in total. The van der Waals surface area contributed by atoms with Crippen LogP contribution in [0.3, 0.4) is 0 Å². The molecular weight excluding hydrogens is 162 g/mol. The molecule has 0 saturated heterocycles. The van der Waals surface area contributed by atoms with Crippen molar-refractivity contribution in [3.63, 3.8) is 0 Å². The van der Waals surface area contributed by atoms with E-state index >= 15 is 0 Å². The molecule has 1 aromatic rings. The lowest BCUT2D eigenvalue weighted by Gasteiger charge is -2.02. The van der Waals surface area contributed by atoms with Crippen molar-refractivity contribution in [2.24, 2.45) is 0 Å². The molecule has 0 unspecified atom stereocenters. The first-order chi connectivity index (χ1) is 6.31. The Kier molecular flexibility index (Phi) is 1.97. The minimum absolute atomic E-state index is 0.413. The number of nitriles is 1. The smallest absolute Gasteiger partial charge is 0.131 e. The molecule has 0 N–H and O–H groups in total. The van der Waals surface area contributed by atoms with Crippen LogP contribution < -0.4 is 0 Å². The second-order valence-electron chi connectivity index (χ2n) is 3.45. The lowest BCUT2D eigenvalue weighted by molar-refractivity contribution is 0.886. The number of aryl methyl sites for hydroxylation is 1. The third-order valence-electron chi connectivity index (χ3n) is 2.31. The van der Waals surface area contributed by atoms with Gasteiger partial charge in [0.15, 0.2) is 0 Å². The second-order valence-corrected chi connectivity index (χ2v) is 3.45. The van der Waals surface area contributed by atoms with Gasteiger partial charge in [-0.05, 0) is 19.8 Å². The molecule has 0 radical (unpaired) electrons. The average Bonchev–Trinajstić information content (AvgIpc) is 2.91. The van der Waals surface area contributed by atoms with Crippen molar-refractivity contribution in [2.45, 2.75) is 32.1 Å². The zero-order valence-corrected chi connectivity index (χ0v) is 7.62. The largest absolute Gasteiger partial charge is 0.241 e. The van der Waals surface area contributed by atoms with Gasteiger partial charge in [-0.1, -0.05) is 0 Å². The fourth-order valence-corrected chi connectivity index (χ4v) is 1.31. The summed E-state index contributed by atoms with van der Waals surface area (Å²) in [5.41, 5.74) is 1.91. The number of hydrogen-bond acceptors (Lipinski definition) is 3. The maximum atomic E-state index is 8.53. The van der Waals surface area contributed by atoms with Gasteiger partial charge in [-0.3, -0.25) is 0 Å². The van der Waals surface area contributed by atoms with Crippen LogP contribution in [0.1, 0.15) is 35.8 Å². The van der Waals surface area contributed by atoms with Gasteiger partial charge in [0.05, 0.1) is 12.5 Å². The molecule has 2 rings (SSSR count). The van der Waals surface area contributed by atoms with E-state index in [-0.39, 0.29) is 0 Å². The summed E-state index contributed by atoms with van der Waals surface area (Å²) in [6.45, 7) is 1.94. The molecule has 0 aromatic carbocycles. The quantitative estimate of drug-likeness (QED) is 0.684. The van der Waals surface area contributed by atoms with Gasteiger partial charge in [0.1, 0.15) is 5.82 Å². The molecule has 1 fully saturated rings. The number of hydrogen-bond donors (Lipinski definition) is 0. The summed E-state index contributed by atoms with van der Waals surface area (Å²) >= 11 is 0. The average molecular weight is 173 g/mol. The van der Waals surface area contributed by atoms with Crippen LogP contribution in [0.25, 0.3) is 0 Å². The molecule has 1 saturated carbocycles. The summed E-state index contributed by atoms with van der Waals surface area (Å²) in [5, 5.41) is 8.53. The Labute approximate surface area is 77.4 Å². The molecule has 3 heteroatoms. The van der Waals surface area contributed by atoms with Crippen LogP contribution in [0.5, 0.6) is 0 Å². The molecule has 0 bridgehead atoms. The maximum absolute atomic E-state index is 8.53. The third kappa shape index (κ3) is 1.67. The van der Waals surface area contributed by atoms with E-state index in [9.17, 15) is 0 Å². The summed E-state index contributed by atoms with van der Waals surface area (Å²) in [6.07, 6.45) is 4.64. The number of aromatic nitrogens is 2. The SMILES string of the molecule is Cc1nc(C2CC2)ncc1CC#N. The third-order valence-corrected chi connectivity index (χ3v) is 2.31. The fourth-order valence-electron chi connectivity index (χ4n) is 1.31. The lowest BCUT2D eigenvalue weighted by Crippen LogP contribution is -1.99. The summed E-state index contributed by atoms with van der Waals surface area (Å²) in [5.74, 6) is 1.55. The number of nitrogens with zero attached hydrogens (tertiary/aromatic N) is 3. The molecule has 13 heavy (non-hydrogen) atoms. The molecule has 1 aromatic heterocycles. The zero-order chi connectivity index (χ0) is 9.26. The minimum atomic E-state index is 0.413. The lowest BCUT2D eigenvalue weighted by atomic mass is 10.2. The van der Waals surface area contributed by atoms with Crippen molar-refractivity contribution in [1.82, 2.24) is 9.97 Å². The van der Waals surface area contributed by atoms with Crippen molar-refractivity contribution in [1.29, 1.82) is 5.26 Å². The molecule has 0 spiro atoms. The van der Waals surface area contributed by atoms with E-state index in [0.29, 0.717) is 12.3 Å². The van der Waals surface area contributed by atoms with Gasteiger partial charge in [-0.2, -0.15) is 5.26 Å². The van der Waals surface area contributed by atoms with Crippen LogP contribution in [-0.2, 0) is 6.42 Å². The fraction of sp³-hybridized carbons (Fsp3) is 0.500. The van der Waals surface area contributed by atoms with E-state index in [2.05, 4.69) is 16.0 Å². The molecule has 0 aliphatic heterocycles. The Hall–Kier alpha value is -1.43. The van der Waals surface area contributed by atoms with Crippen LogP contribution in [0, 0.1) is 18.3 Å². The summed E-state index contributed by atoms with van der Waals surface area (Å²) < 4.78 is 0. The second kappa shape index (κ2) is 3.14. The van der Waals surface area contributed by atoms with Crippen LogP contribution in [0.2, 0.25) is 0 Å². The van der Waals surface area contributed by atoms with Crippen molar-refractivity contribution < 1.29 is 0 Å². The highest BCUT2D eigenvalue weighted by Gasteiger charge is 2.26. The predicted octanol–water partition coefficient (Wildman–Crippen LogP) is 1.73. The highest BCUT2D eigenvalue weighted by molar-refractivity contribution is 5.21.